The van der Waals surface area contributed by atoms with Gasteiger partial charge in [0.25, 0.3) is 0 Å². The minimum absolute atomic E-state index is 0. The van der Waals surface area contributed by atoms with Crippen molar-refractivity contribution < 1.29 is 28.5 Å². The van der Waals surface area contributed by atoms with Gasteiger partial charge < -0.3 is 4.74 Å². The van der Waals surface area contributed by atoms with E-state index in [1.807, 2.05) is 0 Å². The van der Waals surface area contributed by atoms with Crippen LogP contribution in [0.3, 0.4) is 0 Å². The fraction of sp³-hybridized carbons (Fsp3) is 0.350. The second kappa shape index (κ2) is 7.48. The van der Waals surface area contributed by atoms with Crippen molar-refractivity contribution >= 4 is 5.97 Å². The Balaban J connectivity index is 0.00000261. The van der Waals surface area contributed by atoms with Gasteiger partial charge in [-0.2, -0.15) is 0 Å². The number of benzene rings is 2. The number of hydrogen-bond acceptors (Lipinski definition) is 2. The molecule has 1 fully saturated rings. The van der Waals surface area contributed by atoms with Gasteiger partial charge in [-0.1, -0.05) is 25.8 Å². The van der Waals surface area contributed by atoms with Crippen LogP contribution in [0.2, 0.25) is 0 Å². The van der Waals surface area contributed by atoms with E-state index in [9.17, 15) is 22.4 Å². The van der Waals surface area contributed by atoms with Crippen LogP contribution < -0.4 is 4.74 Å². The average Bonchev–Trinajstić information content (AvgIpc) is 2.60. The first-order chi connectivity index (χ1) is 12.3. The Morgan fingerprint density at radius 3 is 2.15 bits per heavy atom. The second-order valence-corrected chi connectivity index (χ2v) is 6.79. The van der Waals surface area contributed by atoms with Gasteiger partial charge in [-0.25, -0.2) is 22.4 Å². The molecule has 2 aromatic carbocycles. The van der Waals surface area contributed by atoms with Crippen LogP contribution in [-0.4, -0.2) is 5.97 Å². The maximum absolute atomic E-state index is 14.3. The molecule has 1 aliphatic carbocycles. The molecular weight excluding hydrogens is 348 g/mol. The minimum Gasteiger partial charge on any atom is -0.423 e. The van der Waals surface area contributed by atoms with Crippen LogP contribution in [0.4, 0.5) is 17.6 Å². The molecule has 0 atom stereocenters. The van der Waals surface area contributed by atoms with Gasteiger partial charge in [0.2, 0.25) is 0 Å². The number of rotatable bonds is 3. The van der Waals surface area contributed by atoms with Gasteiger partial charge in [-0.15, -0.1) is 0 Å². The van der Waals surface area contributed by atoms with Gasteiger partial charge in [0, 0.05) is 13.6 Å². The Labute approximate surface area is 150 Å². The first kappa shape index (κ1) is 18.4. The van der Waals surface area contributed by atoms with Gasteiger partial charge in [0.1, 0.15) is 11.6 Å². The lowest BCUT2D eigenvalue weighted by Gasteiger charge is -2.26. The highest BCUT2D eigenvalue weighted by atomic mass is 19.2. The van der Waals surface area contributed by atoms with E-state index in [-0.39, 0.29) is 12.9 Å². The first-order valence-electron chi connectivity index (χ1n) is 8.51. The molecule has 3 rings (SSSR count). The van der Waals surface area contributed by atoms with Crippen LogP contribution in [0, 0.1) is 29.2 Å². The Morgan fingerprint density at radius 2 is 1.58 bits per heavy atom. The lowest BCUT2D eigenvalue weighted by molar-refractivity contribution is 0.0728. The molecule has 0 radical (unpaired) electrons. The first-order valence-corrected chi connectivity index (χ1v) is 8.51. The average molecular weight is 368 g/mol. The fourth-order valence-electron chi connectivity index (χ4n) is 3.30. The molecule has 1 aliphatic rings. The molecule has 26 heavy (non-hydrogen) atoms. The SMILES string of the molecule is CC1CCC(c2ccc(C(=O)Oc3cc(F)c(F)c(F)c3)c(F)c2)CC1.[HH]. The van der Waals surface area contributed by atoms with Crippen molar-refractivity contribution in [3.63, 3.8) is 0 Å². The van der Waals surface area contributed by atoms with E-state index < -0.39 is 35.0 Å². The number of ether oxygens (including phenoxy) is 1. The summed E-state index contributed by atoms with van der Waals surface area (Å²) in [7, 11) is 0. The molecule has 6 heteroatoms. The second-order valence-electron chi connectivity index (χ2n) is 6.79. The molecule has 0 unspecified atom stereocenters. The minimum atomic E-state index is -1.66. The van der Waals surface area contributed by atoms with Crippen LogP contribution in [-0.2, 0) is 0 Å². The lowest BCUT2D eigenvalue weighted by Crippen LogP contribution is -2.14. The zero-order valence-corrected chi connectivity index (χ0v) is 14.2. The number of carbonyl (C=O) groups is 1. The summed E-state index contributed by atoms with van der Waals surface area (Å²) >= 11 is 0. The summed E-state index contributed by atoms with van der Waals surface area (Å²) in [5, 5.41) is 0. The highest BCUT2D eigenvalue weighted by Gasteiger charge is 2.22. The third-order valence-electron chi connectivity index (χ3n) is 4.87. The van der Waals surface area contributed by atoms with Crippen molar-refractivity contribution in [1.82, 2.24) is 0 Å². The molecule has 0 saturated heterocycles. The van der Waals surface area contributed by atoms with Crippen molar-refractivity contribution in [2.24, 2.45) is 5.92 Å². The van der Waals surface area contributed by atoms with Gasteiger partial charge in [-0.05, 0) is 42.4 Å². The monoisotopic (exact) mass is 368 g/mol. The van der Waals surface area contributed by atoms with Gasteiger partial charge in [0.05, 0.1) is 5.56 Å². The highest BCUT2D eigenvalue weighted by molar-refractivity contribution is 5.91. The summed E-state index contributed by atoms with van der Waals surface area (Å²) in [6.07, 6.45) is 4.10. The normalized spacial score (nSPS) is 20.0. The van der Waals surface area contributed by atoms with Crippen molar-refractivity contribution in [3.05, 3.63) is 64.7 Å². The number of halogens is 4. The van der Waals surface area contributed by atoms with Gasteiger partial charge in [-0.3, -0.25) is 0 Å². The maximum atomic E-state index is 14.3. The maximum Gasteiger partial charge on any atom is 0.346 e. The topological polar surface area (TPSA) is 26.3 Å². The number of hydrogen-bond donors (Lipinski definition) is 0. The zero-order chi connectivity index (χ0) is 18.8. The fourth-order valence-corrected chi connectivity index (χ4v) is 3.30. The van der Waals surface area contributed by atoms with Crippen molar-refractivity contribution in [2.75, 3.05) is 0 Å². The van der Waals surface area contributed by atoms with E-state index in [1.165, 1.54) is 12.1 Å². The largest absolute Gasteiger partial charge is 0.423 e. The molecule has 0 amide bonds. The highest BCUT2D eigenvalue weighted by Crippen LogP contribution is 2.36. The molecule has 0 N–H and O–H groups in total. The summed E-state index contributed by atoms with van der Waals surface area (Å²) in [6.45, 7) is 2.19. The Bertz CT molecular complexity index is 810. The predicted octanol–water partition coefficient (Wildman–Crippen LogP) is 6.00. The quantitative estimate of drug-likeness (QED) is 0.287. The zero-order valence-electron chi connectivity index (χ0n) is 14.2. The van der Waals surface area contributed by atoms with Crippen molar-refractivity contribution in [3.8, 4) is 5.75 Å². The molecular formula is C20H20F4O2. The van der Waals surface area contributed by atoms with Crippen LogP contribution >= 0.6 is 0 Å². The van der Waals surface area contributed by atoms with Gasteiger partial charge >= 0.3 is 5.97 Å². The summed E-state index contributed by atoms with van der Waals surface area (Å²) in [5.41, 5.74) is 0.480. The lowest BCUT2D eigenvalue weighted by atomic mass is 9.79. The Kier molecular flexibility index (Phi) is 5.30. The third kappa shape index (κ3) is 3.89. The van der Waals surface area contributed by atoms with Gasteiger partial charge in [0.15, 0.2) is 17.5 Å². The number of esters is 1. The van der Waals surface area contributed by atoms with Crippen molar-refractivity contribution in [1.29, 1.82) is 0 Å². The van der Waals surface area contributed by atoms with Crippen molar-refractivity contribution in [2.45, 2.75) is 38.5 Å². The van der Waals surface area contributed by atoms with E-state index >= 15 is 0 Å². The van der Waals surface area contributed by atoms with E-state index in [2.05, 4.69) is 6.92 Å². The molecule has 0 bridgehead atoms. The van der Waals surface area contributed by atoms with Crippen LogP contribution in [0.1, 0.15) is 55.9 Å². The third-order valence-corrected chi connectivity index (χ3v) is 4.87. The molecule has 1 saturated carbocycles. The molecule has 2 aromatic rings. The summed E-state index contributed by atoms with van der Waals surface area (Å²) in [4.78, 5) is 12.1. The molecule has 2 nitrogen and oxygen atoms in total. The summed E-state index contributed by atoms with van der Waals surface area (Å²) < 4.78 is 58.4. The van der Waals surface area contributed by atoms with Crippen LogP contribution in [0.25, 0.3) is 0 Å². The molecule has 140 valence electrons. The molecule has 0 aliphatic heterocycles. The van der Waals surface area contributed by atoms with Crippen LogP contribution in [0.5, 0.6) is 5.75 Å². The van der Waals surface area contributed by atoms with E-state index in [0.717, 1.165) is 31.2 Å². The summed E-state index contributed by atoms with van der Waals surface area (Å²) in [6, 6.07) is 5.36. The van der Waals surface area contributed by atoms with Crippen LogP contribution in [0.15, 0.2) is 30.3 Å². The molecule has 0 aromatic heterocycles. The standard InChI is InChI=1S/C20H18F4O2.H2/c1-11-2-4-12(5-3-11)13-6-7-15(16(21)8-13)20(25)26-14-9-17(22)19(24)18(23)10-14;/h6-12H,2-5H2,1H3;1H. The predicted molar refractivity (Wildman–Crippen MR) is 90.2 cm³/mol. The molecule has 0 heterocycles. The summed E-state index contributed by atoms with van der Waals surface area (Å²) in [5.74, 6) is -6.11. The Morgan fingerprint density at radius 1 is 0.962 bits per heavy atom. The smallest absolute Gasteiger partial charge is 0.346 e. The Hall–Kier alpha value is -2.37. The van der Waals surface area contributed by atoms with E-state index in [0.29, 0.717) is 18.1 Å². The molecule has 0 spiro atoms. The van der Waals surface area contributed by atoms with E-state index in [1.54, 1.807) is 6.07 Å². The van der Waals surface area contributed by atoms with E-state index in [4.69, 9.17) is 4.74 Å². The number of carbonyl (C=O) groups excluding carboxylic acids is 1.